The van der Waals surface area contributed by atoms with E-state index < -0.39 is 15.7 Å². The normalized spacial score (nSPS) is 22.5. The van der Waals surface area contributed by atoms with Gasteiger partial charge in [-0.05, 0) is 66.3 Å². The molecule has 0 spiro atoms. The van der Waals surface area contributed by atoms with Crippen LogP contribution in [0.25, 0.3) is 0 Å². The average Bonchev–Trinajstić information content (AvgIpc) is 2.95. The molecule has 1 aliphatic carbocycles. The Morgan fingerprint density at radius 2 is 1.78 bits per heavy atom. The number of nitrogens with zero attached hydrogens (tertiary/aromatic N) is 1. The Balaban J connectivity index is 1.60. The fourth-order valence-corrected chi connectivity index (χ4v) is 7.20. The quantitative estimate of drug-likeness (QED) is 0.451. The lowest BCUT2D eigenvalue weighted by Gasteiger charge is -2.34. The van der Waals surface area contributed by atoms with Crippen LogP contribution in [0.3, 0.4) is 0 Å². The van der Waals surface area contributed by atoms with Crippen LogP contribution in [-0.4, -0.2) is 26.3 Å². The molecule has 2 aliphatic rings. The van der Waals surface area contributed by atoms with Gasteiger partial charge in [-0.25, -0.2) is 8.42 Å². The molecule has 3 aromatic rings. The van der Waals surface area contributed by atoms with E-state index in [2.05, 4.69) is 19.2 Å². The van der Waals surface area contributed by atoms with Crippen LogP contribution >= 0.6 is 11.6 Å². The number of hydrogen-bond donors (Lipinski definition) is 1. The molecule has 0 unspecified atom stereocenters. The summed E-state index contributed by atoms with van der Waals surface area (Å²) < 4.78 is 27.4. The van der Waals surface area contributed by atoms with Gasteiger partial charge in [-0.2, -0.15) is 0 Å². The highest BCUT2D eigenvalue weighted by Crippen LogP contribution is 2.38. The van der Waals surface area contributed by atoms with Crippen molar-refractivity contribution in [3.63, 3.8) is 0 Å². The van der Waals surface area contributed by atoms with Gasteiger partial charge in [0, 0.05) is 16.6 Å². The summed E-state index contributed by atoms with van der Waals surface area (Å²) in [4.78, 5) is 28.5. The van der Waals surface area contributed by atoms with Crippen molar-refractivity contribution in [1.29, 1.82) is 0 Å². The molecule has 37 heavy (non-hydrogen) atoms. The second kappa shape index (κ2) is 9.95. The number of carbonyl (C=O) groups excluding carboxylic acids is 2. The molecule has 0 aromatic heterocycles. The van der Waals surface area contributed by atoms with Crippen LogP contribution in [0.1, 0.15) is 59.4 Å². The number of benzene rings is 3. The van der Waals surface area contributed by atoms with Gasteiger partial charge in [-0.1, -0.05) is 62.6 Å². The Labute approximate surface area is 222 Å². The van der Waals surface area contributed by atoms with Crippen molar-refractivity contribution in [1.82, 2.24) is 5.32 Å². The smallest absolute Gasteiger partial charge is 0.259 e. The van der Waals surface area contributed by atoms with E-state index in [1.54, 1.807) is 30.3 Å². The van der Waals surface area contributed by atoms with E-state index in [4.69, 9.17) is 11.6 Å². The second-order valence-electron chi connectivity index (χ2n) is 10.1. The van der Waals surface area contributed by atoms with Gasteiger partial charge in [0.05, 0.1) is 27.6 Å². The van der Waals surface area contributed by atoms with Crippen molar-refractivity contribution < 1.29 is 18.0 Å². The number of nitrogens with one attached hydrogen (secondary N) is 1. The summed E-state index contributed by atoms with van der Waals surface area (Å²) >= 11 is 6.19. The minimum atomic E-state index is -4.01. The van der Waals surface area contributed by atoms with E-state index in [1.165, 1.54) is 35.2 Å². The van der Waals surface area contributed by atoms with Gasteiger partial charge in [-0.3, -0.25) is 9.59 Å². The highest BCUT2D eigenvalue weighted by atomic mass is 35.5. The third kappa shape index (κ3) is 4.78. The molecule has 8 heteroatoms. The van der Waals surface area contributed by atoms with E-state index >= 15 is 0 Å². The summed E-state index contributed by atoms with van der Waals surface area (Å²) in [6, 6.07) is 17.8. The molecule has 0 bridgehead atoms. The molecular formula is C29H29ClN2O4S. The molecule has 3 atom stereocenters. The Bertz CT molecular complexity index is 1490. The maximum absolute atomic E-state index is 13.8. The van der Waals surface area contributed by atoms with Gasteiger partial charge >= 0.3 is 0 Å². The number of fused-ring (bicyclic) bond motifs is 2. The number of amides is 2. The lowest BCUT2D eigenvalue weighted by atomic mass is 9.78. The minimum Gasteiger partial charge on any atom is -0.349 e. The lowest BCUT2D eigenvalue weighted by molar-refractivity contribution is 0.0889. The van der Waals surface area contributed by atoms with Gasteiger partial charge < -0.3 is 10.2 Å². The molecule has 1 N–H and O–H groups in total. The predicted octanol–water partition coefficient (Wildman–Crippen LogP) is 5.89. The Morgan fingerprint density at radius 3 is 2.57 bits per heavy atom. The highest BCUT2D eigenvalue weighted by molar-refractivity contribution is 7.91. The van der Waals surface area contributed by atoms with Gasteiger partial charge in [0.15, 0.2) is 0 Å². The van der Waals surface area contributed by atoms with Gasteiger partial charge in [-0.15, -0.1) is 0 Å². The minimum absolute atomic E-state index is 0.0102. The lowest BCUT2D eigenvalue weighted by Crippen LogP contribution is -2.43. The first-order valence-electron chi connectivity index (χ1n) is 12.5. The van der Waals surface area contributed by atoms with Crippen LogP contribution in [-0.2, 0) is 16.4 Å². The first kappa shape index (κ1) is 25.5. The van der Waals surface area contributed by atoms with Crippen molar-refractivity contribution in [3.8, 4) is 0 Å². The van der Waals surface area contributed by atoms with Crippen LogP contribution in [0.15, 0.2) is 76.5 Å². The summed E-state index contributed by atoms with van der Waals surface area (Å²) in [6.45, 7) is 4.45. The molecule has 1 aliphatic heterocycles. The first-order valence-corrected chi connectivity index (χ1v) is 14.4. The van der Waals surface area contributed by atoms with Crippen LogP contribution < -0.4 is 10.2 Å². The fourth-order valence-electron chi connectivity index (χ4n) is 5.36. The average molecular weight is 537 g/mol. The topological polar surface area (TPSA) is 83.6 Å². The molecule has 2 amide bonds. The highest BCUT2D eigenvalue weighted by Gasteiger charge is 2.36. The number of sulfone groups is 1. The number of anilines is 1. The standard InChI is InChI=1S/C29H29ClN2O4S/c1-18-7-5-11-24(19(18)2)31-28(33)21-13-14-27-25(16-21)32(17-20-8-6-9-22(30)15-20)29(34)23-10-3-4-12-26(23)37(27,35)36/h3-4,6,8-10,12-16,18-19,24H,5,7,11,17H2,1-2H3,(H,31,33)/t18-,19-,24+/m1/s1. The van der Waals surface area contributed by atoms with Crippen molar-refractivity contribution >= 4 is 38.9 Å². The zero-order valence-electron chi connectivity index (χ0n) is 20.8. The molecule has 3 aromatic carbocycles. The molecule has 192 valence electrons. The number of halogens is 1. The zero-order chi connectivity index (χ0) is 26.3. The van der Waals surface area contributed by atoms with Gasteiger partial charge in [0.2, 0.25) is 9.84 Å². The predicted molar refractivity (Wildman–Crippen MR) is 144 cm³/mol. The van der Waals surface area contributed by atoms with Crippen LogP contribution in [0, 0.1) is 11.8 Å². The molecule has 5 rings (SSSR count). The Kier molecular flexibility index (Phi) is 6.86. The summed E-state index contributed by atoms with van der Waals surface area (Å²) in [5.41, 5.74) is 1.33. The van der Waals surface area contributed by atoms with E-state index in [9.17, 15) is 18.0 Å². The molecule has 6 nitrogen and oxygen atoms in total. The largest absolute Gasteiger partial charge is 0.349 e. The van der Waals surface area contributed by atoms with Crippen LogP contribution in [0.5, 0.6) is 0 Å². The third-order valence-electron chi connectivity index (χ3n) is 7.71. The zero-order valence-corrected chi connectivity index (χ0v) is 22.4. The monoisotopic (exact) mass is 536 g/mol. The molecule has 0 saturated heterocycles. The molecule has 1 heterocycles. The molecule has 1 fully saturated rings. The molecular weight excluding hydrogens is 508 g/mol. The van der Waals surface area contributed by atoms with Crippen molar-refractivity contribution in [2.24, 2.45) is 11.8 Å². The first-order chi connectivity index (χ1) is 17.7. The van der Waals surface area contributed by atoms with Crippen molar-refractivity contribution in [3.05, 3.63) is 88.4 Å². The van der Waals surface area contributed by atoms with Crippen molar-refractivity contribution in [2.45, 2.75) is 55.5 Å². The maximum atomic E-state index is 13.8. The fraction of sp³-hybridized carbons (Fsp3) is 0.310. The summed E-state index contributed by atoms with van der Waals surface area (Å²) in [5, 5.41) is 3.66. The van der Waals surface area contributed by atoms with E-state index in [-0.39, 0.29) is 39.5 Å². The third-order valence-corrected chi connectivity index (χ3v) is 9.80. The Hall–Kier alpha value is -3.16. The van der Waals surface area contributed by atoms with Crippen LogP contribution in [0.4, 0.5) is 5.69 Å². The van der Waals surface area contributed by atoms with E-state index in [1.807, 2.05) is 6.07 Å². The van der Waals surface area contributed by atoms with E-state index in [0.29, 0.717) is 22.4 Å². The number of rotatable bonds is 4. The van der Waals surface area contributed by atoms with Gasteiger partial charge in [0.25, 0.3) is 11.8 Å². The number of hydrogen-bond acceptors (Lipinski definition) is 4. The van der Waals surface area contributed by atoms with Crippen molar-refractivity contribution in [2.75, 3.05) is 4.90 Å². The summed E-state index contributed by atoms with van der Waals surface area (Å²) in [7, 11) is -4.01. The summed E-state index contributed by atoms with van der Waals surface area (Å²) in [5.74, 6) is 0.128. The molecule has 0 radical (unpaired) electrons. The van der Waals surface area contributed by atoms with E-state index in [0.717, 1.165) is 24.8 Å². The molecule has 1 saturated carbocycles. The second-order valence-corrected chi connectivity index (χ2v) is 12.4. The summed E-state index contributed by atoms with van der Waals surface area (Å²) in [6.07, 6.45) is 3.11. The Morgan fingerprint density at radius 1 is 1.00 bits per heavy atom. The van der Waals surface area contributed by atoms with Gasteiger partial charge in [0.1, 0.15) is 0 Å². The number of carbonyl (C=O) groups is 2. The SMILES string of the molecule is C[C@@H]1[C@H](C)CCC[C@@H]1NC(=O)c1ccc2c(c1)N(Cc1cccc(Cl)c1)C(=O)c1ccccc1S2(=O)=O. The van der Waals surface area contributed by atoms with Crippen LogP contribution in [0.2, 0.25) is 5.02 Å². The maximum Gasteiger partial charge on any atom is 0.259 e.